The van der Waals surface area contributed by atoms with E-state index >= 15 is 0 Å². The van der Waals surface area contributed by atoms with Crippen LogP contribution >= 0.6 is 11.6 Å². The third-order valence-electron chi connectivity index (χ3n) is 4.32. The molecule has 144 valence electrons. The average molecular weight is 382 g/mol. The van der Waals surface area contributed by atoms with Gasteiger partial charge in [0.15, 0.2) is 18.1 Å². The maximum absolute atomic E-state index is 10.9. The molecule has 0 saturated carbocycles. The number of hydrogen-bond acceptors (Lipinski definition) is 5. The summed E-state index contributed by atoms with van der Waals surface area (Å²) in [6, 6.07) is 4.17. The molecule has 0 radical (unpaired) electrons. The molecule has 0 spiro atoms. The number of nitrogens with one attached hydrogen (secondary N) is 1. The van der Waals surface area contributed by atoms with Crippen LogP contribution in [-0.4, -0.2) is 50.2 Å². The van der Waals surface area contributed by atoms with Crippen LogP contribution in [0.5, 0.6) is 11.5 Å². The molecule has 0 unspecified atom stereocenters. The number of carbonyl (C=O) groups is 1. The summed E-state index contributed by atoms with van der Waals surface area (Å²) in [7, 11) is 1.54. The molecule has 1 heterocycles. The summed E-state index contributed by atoms with van der Waals surface area (Å²) in [4.78, 5) is 13.3. The fourth-order valence-corrected chi connectivity index (χ4v) is 3.39. The monoisotopic (exact) mass is 381 g/mol. The molecule has 7 heteroatoms. The molecule has 6 nitrogen and oxygen atoms in total. The van der Waals surface area contributed by atoms with Crippen molar-refractivity contribution < 1.29 is 14.3 Å². The van der Waals surface area contributed by atoms with Crippen LogP contribution in [-0.2, 0) is 11.3 Å². The molecule has 0 aliphatic carbocycles. The number of primary amides is 1. The van der Waals surface area contributed by atoms with Gasteiger partial charge in [-0.15, -0.1) is 0 Å². The predicted octanol–water partition coefficient (Wildman–Crippen LogP) is 2.34. The van der Waals surface area contributed by atoms with Crippen LogP contribution in [0.1, 0.15) is 25.3 Å². The first kappa shape index (κ1) is 20.6. The number of amides is 1. The summed E-state index contributed by atoms with van der Waals surface area (Å²) in [5.41, 5.74) is 7.32. The Kier molecular flexibility index (Phi) is 7.75. The Morgan fingerprint density at radius 3 is 2.69 bits per heavy atom. The lowest BCUT2D eigenvalue weighted by atomic mass is 10.0. The van der Waals surface area contributed by atoms with Gasteiger partial charge in [0.2, 0.25) is 0 Å². The van der Waals surface area contributed by atoms with E-state index in [1.165, 1.54) is 12.7 Å². The van der Waals surface area contributed by atoms with Gasteiger partial charge >= 0.3 is 0 Å². The SMILES string of the molecule is C=C(C)CN1CCC(NCc2cc(Cl)c(OCC(N)=O)c(OC)c2)CC1. The molecule has 0 atom stereocenters. The standard InChI is InChI=1S/C19H28ClN3O3/c1-13(2)11-23-6-4-15(5-7-23)22-10-14-8-16(20)19(17(9-14)25-3)26-12-18(21)24/h8-9,15,22H,1,4-7,10-12H2,2-3H3,(H2,21,24). The summed E-state index contributed by atoms with van der Waals surface area (Å²) in [6.07, 6.45) is 2.22. The number of carbonyl (C=O) groups excluding carboxylic acids is 1. The highest BCUT2D eigenvalue weighted by atomic mass is 35.5. The third-order valence-corrected chi connectivity index (χ3v) is 4.60. The number of nitrogens with two attached hydrogens (primary N) is 1. The molecule has 1 aromatic rings. The number of hydrogen-bond donors (Lipinski definition) is 2. The van der Waals surface area contributed by atoms with E-state index in [1.807, 2.05) is 12.1 Å². The van der Waals surface area contributed by atoms with Gasteiger partial charge in [-0.25, -0.2) is 0 Å². The zero-order valence-corrected chi connectivity index (χ0v) is 16.3. The van der Waals surface area contributed by atoms with Gasteiger partial charge in [-0.05, 0) is 50.6 Å². The van der Waals surface area contributed by atoms with Gasteiger partial charge in [0.05, 0.1) is 12.1 Å². The topological polar surface area (TPSA) is 76.8 Å². The Labute approximate surface area is 160 Å². The van der Waals surface area contributed by atoms with E-state index in [2.05, 4.69) is 23.7 Å². The van der Waals surface area contributed by atoms with Crippen molar-refractivity contribution in [1.82, 2.24) is 10.2 Å². The van der Waals surface area contributed by atoms with Gasteiger partial charge in [0.25, 0.3) is 5.91 Å². The van der Waals surface area contributed by atoms with Crippen molar-refractivity contribution in [3.8, 4) is 11.5 Å². The predicted molar refractivity (Wildman–Crippen MR) is 104 cm³/mol. The lowest BCUT2D eigenvalue weighted by molar-refractivity contribution is -0.119. The van der Waals surface area contributed by atoms with E-state index in [1.54, 1.807) is 0 Å². The molecule has 0 aromatic heterocycles. The van der Waals surface area contributed by atoms with Gasteiger partial charge in [0, 0.05) is 19.1 Å². The molecule has 1 aliphatic rings. The summed E-state index contributed by atoms with van der Waals surface area (Å²) >= 11 is 6.29. The van der Waals surface area contributed by atoms with Crippen LogP contribution in [0.4, 0.5) is 0 Å². The largest absolute Gasteiger partial charge is 0.493 e. The van der Waals surface area contributed by atoms with Crippen molar-refractivity contribution in [3.63, 3.8) is 0 Å². The molecule has 1 aliphatic heterocycles. The van der Waals surface area contributed by atoms with E-state index in [-0.39, 0.29) is 6.61 Å². The fraction of sp³-hybridized carbons (Fsp3) is 0.526. The van der Waals surface area contributed by atoms with E-state index in [9.17, 15) is 4.79 Å². The molecule has 26 heavy (non-hydrogen) atoms. The number of methoxy groups -OCH3 is 1. The first-order valence-electron chi connectivity index (χ1n) is 8.76. The lowest BCUT2D eigenvalue weighted by Gasteiger charge is -2.32. The van der Waals surface area contributed by atoms with E-state index in [0.717, 1.165) is 38.0 Å². The minimum Gasteiger partial charge on any atom is -0.493 e. The number of piperidine rings is 1. The van der Waals surface area contributed by atoms with Crippen LogP contribution in [0.3, 0.4) is 0 Å². The molecule has 0 bridgehead atoms. The summed E-state index contributed by atoms with van der Waals surface area (Å²) in [6.45, 7) is 9.64. The zero-order valence-electron chi connectivity index (χ0n) is 15.5. The van der Waals surface area contributed by atoms with Crippen molar-refractivity contribution in [2.75, 3.05) is 33.4 Å². The molecular formula is C19H28ClN3O3. The molecule has 1 fully saturated rings. The third kappa shape index (κ3) is 6.20. The van der Waals surface area contributed by atoms with Crippen LogP contribution in [0.2, 0.25) is 5.02 Å². The van der Waals surface area contributed by atoms with E-state index < -0.39 is 5.91 Å². The van der Waals surface area contributed by atoms with Crippen LogP contribution in [0.15, 0.2) is 24.3 Å². The Morgan fingerprint density at radius 2 is 2.12 bits per heavy atom. The summed E-state index contributed by atoms with van der Waals surface area (Å²) in [5.74, 6) is 0.267. The second kappa shape index (κ2) is 9.80. The Bertz CT molecular complexity index is 643. The van der Waals surface area contributed by atoms with Gasteiger partial charge in [-0.1, -0.05) is 23.8 Å². The number of rotatable bonds is 9. The zero-order chi connectivity index (χ0) is 19.1. The first-order valence-corrected chi connectivity index (χ1v) is 9.14. The number of ether oxygens (including phenoxy) is 2. The smallest absolute Gasteiger partial charge is 0.255 e. The minimum atomic E-state index is -0.563. The highest BCUT2D eigenvalue weighted by molar-refractivity contribution is 6.32. The number of benzene rings is 1. The maximum Gasteiger partial charge on any atom is 0.255 e. The lowest BCUT2D eigenvalue weighted by Crippen LogP contribution is -2.42. The van der Waals surface area contributed by atoms with E-state index in [4.69, 9.17) is 26.8 Å². The van der Waals surface area contributed by atoms with E-state index in [0.29, 0.717) is 29.1 Å². The number of nitrogens with zero attached hydrogens (tertiary/aromatic N) is 1. The maximum atomic E-state index is 10.9. The molecule has 1 amide bonds. The van der Waals surface area contributed by atoms with Gasteiger partial charge in [0.1, 0.15) is 0 Å². The van der Waals surface area contributed by atoms with Gasteiger partial charge in [-0.3, -0.25) is 9.69 Å². The molecule has 3 N–H and O–H groups in total. The quantitative estimate of drug-likeness (QED) is 0.642. The summed E-state index contributed by atoms with van der Waals surface area (Å²) in [5, 5.41) is 3.98. The Hall–Kier alpha value is -1.76. The normalized spacial score (nSPS) is 15.7. The van der Waals surface area contributed by atoms with Crippen LogP contribution < -0.4 is 20.5 Å². The average Bonchev–Trinajstić information content (AvgIpc) is 2.59. The minimum absolute atomic E-state index is 0.240. The molecule has 1 aromatic carbocycles. The summed E-state index contributed by atoms with van der Waals surface area (Å²) < 4.78 is 10.7. The molecule has 1 saturated heterocycles. The van der Waals surface area contributed by atoms with Crippen LogP contribution in [0, 0.1) is 0 Å². The van der Waals surface area contributed by atoms with Crippen LogP contribution in [0.25, 0.3) is 0 Å². The van der Waals surface area contributed by atoms with Crippen molar-refractivity contribution >= 4 is 17.5 Å². The van der Waals surface area contributed by atoms with Gasteiger partial charge < -0.3 is 20.5 Å². The Balaban J connectivity index is 1.91. The van der Waals surface area contributed by atoms with Gasteiger partial charge in [-0.2, -0.15) is 0 Å². The number of likely N-dealkylation sites (tertiary alicyclic amines) is 1. The van der Waals surface area contributed by atoms with Crippen molar-refractivity contribution in [2.24, 2.45) is 5.73 Å². The molecular weight excluding hydrogens is 354 g/mol. The second-order valence-electron chi connectivity index (χ2n) is 6.75. The highest BCUT2D eigenvalue weighted by Gasteiger charge is 2.19. The van der Waals surface area contributed by atoms with Crippen molar-refractivity contribution in [2.45, 2.75) is 32.4 Å². The van der Waals surface area contributed by atoms with Crippen molar-refractivity contribution in [3.05, 3.63) is 34.9 Å². The van der Waals surface area contributed by atoms with Crippen molar-refractivity contribution in [1.29, 1.82) is 0 Å². The molecule has 2 rings (SSSR count). The first-order chi connectivity index (χ1) is 12.4. The Morgan fingerprint density at radius 1 is 1.42 bits per heavy atom. The fourth-order valence-electron chi connectivity index (χ4n) is 3.10. The number of halogens is 1. The second-order valence-corrected chi connectivity index (χ2v) is 7.16. The highest BCUT2D eigenvalue weighted by Crippen LogP contribution is 2.36.